The average molecular weight is 567 g/mol. The van der Waals surface area contributed by atoms with Crippen molar-refractivity contribution in [2.24, 2.45) is 0 Å². The number of halogens is 1. The number of fused-ring (bicyclic) bond motifs is 1. The maximum atomic E-state index is 12.5. The largest absolute Gasteiger partial charge is 0.381 e. The number of hydrogen-bond acceptors (Lipinski definition) is 7. The van der Waals surface area contributed by atoms with Crippen LogP contribution < -0.4 is 10.9 Å². The number of nitrogens with one attached hydrogen (secondary N) is 1. The molecule has 0 spiro atoms. The summed E-state index contributed by atoms with van der Waals surface area (Å²) >= 11 is 5.80. The third kappa shape index (κ3) is 5.73. The van der Waals surface area contributed by atoms with Gasteiger partial charge in [0.05, 0.1) is 11.6 Å². The van der Waals surface area contributed by atoms with Crippen molar-refractivity contribution >= 4 is 34.5 Å². The summed E-state index contributed by atoms with van der Waals surface area (Å²) in [5.41, 5.74) is 2.88. The van der Waals surface area contributed by atoms with Gasteiger partial charge < -0.3 is 15.0 Å². The second-order valence-electron chi connectivity index (χ2n) is 11.0. The molecule has 2 fully saturated rings. The number of pyridine rings is 1. The van der Waals surface area contributed by atoms with E-state index >= 15 is 0 Å². The molecule has 40 heavy (non-hydrogen) atoms. The Labute approximate surface area is 240 Å². The summed E-state index contributed by atoms with van der Waals surface area (Å²) in [4.78, 5) is 38.5. The molecule has 2 saturated heterocycles. The lowest BCUT2D eigenvalue weighted by atomic mass is 9.80. The lowest BCUT2D eigenvalue weighted by molar-refractivity contribution is -0.134. The van der Waals surface area contributed by atoms with E-state index in [1.807, 2.05) is 18.7 Å². The van der Waals surface area contributed by atoms with Crippen LogP contribution in [0, 0.1) is 0 Å². The highest BCUT2D eigenvalue weighted by molar-refractivity contribution is 6.18. The smallest absolute Gasteiger partial charge is 0.252 e. The highest BCUT2D eigenvalue weighted by atomic mass is 35.5. The van der Waals surface area contributed by atoms with Crippen LogP contribution in [0.1, 0.15) is 63.2 Å². The molecule has 0 aliphatic carbocycles. The van der Waals surface area contributed by atoms with Gasteiger partial charge in [-0.05, 0) is 50.8 Å². The first-order chi connectivity index (χ1) is 19.3. The van der Waals surface area contributed by atoms with Crippen molar-refractivity contribution in [3.05, 3.63) is 64.1 Å². The Morgan fingerprint density at radius 1 is 1.05 bits per heavy atom. The minimum atomic E-state index is -0.100. The van der Waals surface area contributed by atoms with Crippen molar-refractivity contribution in [3.8, 4) is 0 Å². The quantitative estimate of drug-likeness (QED) is 0.406. The lowest BCUT2D eigenvalue weighted by Gasteiger charge is -2.50. The fourth-order valence-corrected chi connectivity index (χ4v) is 6.25. The molecule has 4 heterocycles. The Balaban J connectivity index is 1.33. The second-order valence-corrected chi connectivity index (χ2v) is 11.4. The molecule has 1 aromatic carbocycles. The number of amides is 1. The van der Waals surface area contributed by atoms with E-state index in [1.165, 1.54) is 5.56 Å². The third-order valence-electron chi connectivity index (χ3n) is 8.34. The van der Waals surface area contributed by atoms with Gasteiger partial charge in [-0.2, -0.15) is 4.98 Å². The van der Waals surface area contributed by atoms with Gasteiger partial charge in [0.15, 0.2) is 0 Å². The molecule has 0 radical (unpaired) electrons. The van der Waals surface area contributed by atoms with E-state index in [4.69, 9.17) is 21.3 Å². The van der Waals surface area contributed by atoms with Gasteiger partial charge in [-0.25, -0.2) is 4.98 Å². The van der Waals surface area contributed by atoms with E-state index in [0.717, 1.165) is 63.2 Å². The highest BCUT2D eigenvalue weighted by Crippen LogP contribution is 2.39. The van der Waals surface area contributed by atoms with Crippen molar-refractivity contribution < 1.29 is 9.53 Å². The number of hydrogen-bond donors (Lipinski definition) is 1. The Hall–Kier alpha value is -3.01. The normalized spacial score (nSPS) is 18.7. The zero-order valence-electron chi connectivity index (χ0n) is 23.6. The van der Waals surface area contributed by atoms with Crippen LogP contribution >= 0.6 is 11.6 Å². The molecular weight excluding hydrogens is 528 g/mol. The molecule has 2 aromatic heterocycles. The Morgan fingerprint density at radius 3 is 2.40 bits per heavy atom. The number of piperazine rings is 1. The van der Waals surface area contributed by atoms with Crippen LogP contribution in [-0.2, 0) is 15.1 Å². The summed E-state index contributed by atoms with van der Waals surface area (Å²) in [6, 6.07) is 12.1. The molecule has 1 N–H and O–H groups in total. The maximum absolute atomic E-state index is 12.5. The molecule has 0 bridgehead atoms. The predicted molar refractivity (Wildman–Crippen MR) is 158 cm³/mol. The van der Waals surface area contributed by atoms with Gasteiger partial charge in [-0.3, -0.25) is 19.1 Å². The number of aromatic nitrogens is 3. The van der Waals surface area contributed by atoms with Crippen LogP contribution in [-0.4, -0.2) is 75.5 Å². The monoisotopic (exact) mass is 566 g/mol. The molecular formula is C30H39ClN6O3. The van der Waals surface area contributed by atoms with E-state index < -0.39 is 0 Å². The Kier molecular flexibility index (Phi) is 8.73. The standard InChI is InChI=1S/C30H39ClN6O3/c1-21(2)37-27(39)9-6-24-20-32-29(34-28(24)37)33-22(3)23-4-7-25(8-5-23)30(11-18-40-19-12-30)36-16-14-35(15-17-36)26(38)10-13-31/h4-9,20-22H,10-19H2,1-3H3,(H,32,33,34)/t22-/m0/s1. The Bertz CT molecular complexity index is 1380. The van der Waals surface area contributed by atoms with Gasteiger partial charge in [0.2, 0.25) is 11.9 Å². The van der Waals surface area contributed by atoms with Crippen LogP contribution in [0.3, 0.4) is 0 Å². The number of carbonyl (C=O) groups is 1. The molecule has 0 saturated carbocycles. The van der Waals surface area contributed by atoms with E-state index in [-0.39, 0.29) is 29.1 Å². The molecule has 9 nitrogen and oxygen atoms in total. The summed E-state index contributed by atoms with van der Waals surface area (Å²) in [5, 5.41) is 4.25. The number of anilines is 1. The molecule has 2 aliphatic heterocycles. The van der Waals surface area contributed by atoms with Gasteiger partial charge in [0, 0.05) is 75.4 Å². The van der Waals surface area contributed by atoms with Crippen molar-refractivity contribution in [2.75, 3.05) is 50.6 Å². The summed E-state index contributed by atoms with van der Waals surface area (Å²) in [6.07, 6.45) is 4.02. The number of rotatable bonds is 8. The number of alkyl halides is 1. The van der Waals surface area contributed by atoms with Crippen molar-refractivity contribution in [1.82, 2.24) is 24.3 Å². The van der Waals surface area contributed by atoms with Crippen LogP contribution in [0.15, 0.2) is 47.4 Å². The van der Waals surface area contributed by atoms with Crippen molar-refractivity contribution in [2.45, 2.75) is 57.7 Å². The SMILES string of the molecule is CC(C)n1c(=O)ccc2cnc(N[C@@H](C)c3ccc(C4(N5CCN(C(=O)CCCl)CC5)CCOCC4)cc3)nc21. The Morgan fingerprint density at radius 2 is 1.75 bits per heavy atom. The summed E-state index contributed by atoms with van der Waals surface area (Å²) < 4.78 is 7.46. The highest BCUT2D eigenvalue weighted by Gasteiger charge is 2.41. The molecule has 214 valence electrons. The molecule has 1 amide bonds. The number of carbonyl (C=O) groups excluding carboxylic acids is 1. The minimum absolute atomic E-state index is 0.00414. The van der Waals surface area contributed by atoms with Crippen LogP contribution in [0.4, 0.5) is 5.95 Å². The lowest BCUT2D eigenvalue weighted by Crippen LogP contribution is -2.58. The molecule has 3 aromatic rings. The summed E-state index contributed by atoms with van der Waals surface area (Å²) in [6.45, 7) is 10.6. The average Bonchev–Trinajstić information content (AvgIpc) is 2.97. The fraction of sp³-hybridized carbons (Fsp3) is 0.533. The zero-order chi connectivity index (χ0) is 28.3. The van der Waals surface area contributed by atoms with E-state index in [1.54, 1.807) is 22.9 Å². The fourth-order valence-electron chi connectivity index (χ4n) is 6.09. The second kappa shape index (κ2) is 12.2. The van der Waals surface area contributed by atoms with Crippen LogP contribution in [0.5, 0.6) is 0 Å². The first-order valence-electron chi connectivity index (χ1n) is 14.2. The first kappa shape index (κ1) is 28.5. The zero-order valence-corrected chi connectivity index (χ0v) is 24.4. The maximum Gasteiger partial charge on any atom is 0.252 e. The molecule has 2 aliphatic rings. The van der Waals surface area contributed by atoms with Crippen molar-refractivity contribution in [3.63, 3.8) is 0 Å². The number of ether oxygens (including phenoxy) is 1. The van der Waals surface area contributed by atoms with E-state index in [0.29, 0.717) is 23.9 Å². The number of benzene rings is 1. The van der Waals surface area contributed by atoms with Gasteiger partial charge >= 0.3 is 0 Å². The van der Waals surface area contributed by atoms with Gasteiger partial charge in [-0.1, -0.05) is 24.3 Å². The topological polar surface area (TPSA) is 92.6 Å². The predicted octanol–water partition coefficient (Wildman–Crippen LogP) is 4.32. The summed E-state index contributed by atoms with van der Waals surface area (Å²) in [7, 11) is 0. The van der Waals surface area contributed by atoms with Gasteiger partial charge in [0.25, 0.3) is 5.56 Å². The molecule has 0 unspecified atom stereocenters. The van der Waals surface area contributed by atoms with Crippen LogP contribution in [0.25, 0.3) is 11.0 Å². The van der Waals surface area contributed by atoms with Crippen LogP contribution in [0.2, 0.25) is 0 Å². The third-order valence-corrected chi connectivity index (χ3v) is 8.53. The molecule has 10 heteroatoms. The molecule has 5 rings (SSSR count). The van der Waals surface area contributed by atoms with E-state index in [2.05, 4.69) is 46.4 Å². The van der Waals surface area contributed by atoms with Gasteiger partial charge in [0.1, 0.15) is 5.65 Å². The van der Waals surface area contributed by atoms with Gasteiger partial charge in [-0.15, -0.1) is 11.6 Å². The summed E-state index contributed by atoms with van der Waals surface area (Å²) in [5.74, 6) is 1.00. The minimum Gasteiger partial charge on any atom is -0.381 e. The first-order valence-corrected chi connectivity index (χ1v) is 14.8. The van der Waals surface area contributed by atoms with E-state index in [9.17, 15) is 9.59 Å². The molecule has 1 atom stereocenters. The van der Waals surface area contributed by atoms with Crippen molar-refractivity contribution in [1.29, 1.82) is 0 Å². The number of nitrogens with zero attached hydrogens (tertiary/aromatic N) is 5.